The minimum absolute atomic E-state index is 0. The predicted octanol–water partition coefficient (Wildman–Crippen LogP) is 3.22. The number of carbonyl (C=O) groups is 1. The van der Waals surface area contributed by atoms with Crippen LogP contribution in [0.1, 0.15) is 33.4 Å². The number of halogens is 2. The second kappa shape index (κ2) is 9.64. The smallest absolute Gasteiger partial charge is 0.255 e. The summed E-state index contributed by atoms with van der Waals surface area (Å²) in [4.78, 5) is 20.2. The number of hydrogen-bond acceptors (Lipinski definition) is 5. The van der Waals surface area contributed by atoms with Crippen molar-refractivity contribution >= 4 is 41.8 Å². The van der Waals surface area contributed by atoms with Gasteiger partial charge in [-0.15, -0.1) is 24.8 Å². The molecule has 1 aliphatic heterocycles. The molecule has 30 heavy (non-hydrogen) atoms. The van der Waals surface area contributed by atoms with E-state index in [-0.39, 0.29) is 36.8 Å². The summed E-state index contributed by atoms with van der Waals surface area (Å²) in [6.07, 6.45) is 0. The number of nitrogens with zero attached hydrogens (tertiary/aromatic N) is 4. The lowest BCUT2D eigenvalue weighted by Crippen LogP contribution is -2.48. The van der Waals surface area contributed by atoms with Gasteiger partial charge in [0.1, 0.15) is 5.75 Å². The Morgan fingerprint density at radius 2 is 1.97 bits per heavy atom. The number of carbonyl (C=O) groups excluding carboxylic acids is 1. The molecular weight excluding hydrogens is 425 g/mol. The van der Waals surface area contributed by atoms with Crippen molar-refractivity contribution in [3.05, 3.63) is 52.8 Å². The Morgan fingerprint density at radius 1 is 1.23 bits per heavy atom. The van der Waals surface area contributed by atoms with Crippen LogP contribution >= 0.6 is 24.8 Å². The topological polar surface area (TPSA) is 72.3 Å². The largest absolute Gasteiger partial charge is 0.496 e. The SMILES string of the molecule is COc1ccccc1C1CNCCN1C(=O)c1cc(C)nc2c1c(C)nn2C.Cl.Cl. The monoisotopic (exact) mass is 451 g/mol. The summed E-state index contributed by atoms with van der Waals surface area (Å²) >= 11 is 0. The van der Waals surface area contributed by atoms with Crippen LogP contribution in [0, 0.1) is 13.8 Å². The molecule has 0 saturated carbocycles. The average molecular weight is 452 g/mol. The highest BCUT2D eigenvalue weighted by molar-refractivity contribution is 6.06. The number of methoxy groups -OCH3 is 1. The van der Waals surface area contributed by atoms with Crippen molar-refractivity contribution in [1.29, 1.82) is 0 Å². The molecule has 9 heteroatoms. The van der Waals surface area contributed by atoms with Gasteiger partial charge < -0.3 is 15.0 Å². The van der Waals surface area contributed by atoms with Crippen molar-refractivity contribution < 1.29 is 9.53 Å². The minimum Gasteiger partial charge on any atom is -0.496 e. The van der Waals surface area contributed by atoms with Gasteiger partial charge in [0, 0.05) is 37.9 Å². The van der Waals surface area contributed by atoms with Gasteiger partial charge in [-0.3, -0.25) is 9.48 Å². The molecule has 1 N–H and O–H groups in total. The van der Waals surface area contributed by atoms with E-state index in [2.05, 4.69) is 15.4 Å². The second-order valence-corrected chi connectivity index (χ2v) is 7.18. The number of piperazine rings is 1. The summed E-state index contributed by atoms with van der Waals surface area (Å²) in [6.45, 7) is 5.91. The van der Waals surface area contributed by atoms with E-state index >= 15 is 0 Å². The maximum absolute atomic E-state index is 13.7. The lowest BCUT2D eigenvalue weighted by molar-refractivity contribution is 0.0633. The number of benzene rings is 1. The summed E-state index contributed by atoms with van der Waals surface area (Å²) in [5.74, 6) is 0.798. The van der Waals surface area contributed by atoms with Gasteiger partial charge in [0.25, 0.3) is 5.91 Å². The van der Waals surface area contributed by atoms with E-state index in [1.807, 2.05) is 56.1 Å². The van der Waals surface area contributed by atoms with Crippen LogP contribution in [-0.2, 0) is 7.05 Å². The fourth-order valence-electron chi connectivity index (χ4n) is 4.06. The Kier molecular flexibility index (Phi) is 7.69. The van der Waals surface area contributed by atoms with Gasteiger partial charge in [0.15, 0.2) is 5.65 Å². The number of ether oxygens (including phenoxy) is 1. The van der Waals surface area contributed by atoms with E-state index in [0.717, 1.165) is 40.3 Å². The molecule has 0 aliphatic carbocycles. The lowest BCUT2D eigenvalue weighted by atomic mass is 10.00. The number of aryl methyl sites for hydroxylation is 3. The normalized spacial score (nSPS) is 16.0. The number of rotatable bonds is 3. The summed E-state index contributed by atoms with van der Waals surface area (Å²) in [6, 6.07) is 9.67. The highest BCUT2D eigenvalue weighted by Crippen LogP contribution is 2.32. The van der Waals surface area contributed by atoms with Crippen LogP contribution in [0.2, 0.25) is 0 Å². The van der Waals surface area contributed by atoms with Crippen LogP contribution < -0.4 is 10.1 Å². The molecule has 3 heterocycles. The third-order valence-corrected chi connectivity index (χ3v) is 5.33. The molecular formula is C21H27Cl2N5O2. The number of pyridine rings is 1. The van der Waals surface area contributed by atoms with E-state index < -0.39 is 0 Å². The van der Waals surface area contributed by atoms with Gasteiger partial charge in [0.2, 0.25) is 0 Å². The standard InChI is InChI=1S/C21H25N5O2.2ClH/c1-13-11-16(19-14(2)24-25(3)20(19)23-13)21(27)26-10-9-22-12-17(26)15-7-5-6-8-18(15)28-4;;/h5-8,11,17,22H,9-10,12H2,1-4H3;2*1H. The maximum atomic E-state index is 13.7. The first-order valence-electron chi connectivity index (χ1n) is 9.46. The molecule has 1 aromatic carbocycles. The summed E-state index contributed by atoms with van der Waals surface area (Å²) in [7, 11) is 3.52. The highest BCUT2D eigenvalue weighted by atomic mass is 35.5. The first-order chi connectivity index (χ1) is 13.5. The van der Waals surface area contributed by atoms with Gasteiger partial charge in [-0.1, -0.05) is 18.2 Å². The molecule has 1 aliphatic rings. The van der Waals surface area contributed by atoms with Crippen LogP contribution in [0.4, 0.5) is 0 Å². The third-order valence-electron chi connectivity index (χ3n) is 5.33. The Labute approximate surface area is 188 Å². The summed E-state index contributed by atoms with van der Waals surface area (Å²) in [5, 5.41) is 8.71. The van der Waals surface area contributed by atoms with Gasteiger partial charge in [-0.05, 0) is 26.0 Å². The fraction of sp³-hybridized carbons (Fsp3) is 0.381. The van der Waals surface area contributed by atoms with E-state index in [4.69, 9.17) is 4.74 Å². The highest BCUT2D eigenvalue weighted by Gasteiger charge is 2.32. The van der Waals surface area contributed by atoms with Gasteiger partial charge in [-0.25, -0.2) is 4.98 Å². The van der Waals surface area contributed by atoms with Crippen molar-refractivity contribution in [2.45, 2.75) is 19.9 Å². The van der Waals surface area contributed by atoms with Crippen molar-refractivity contribution in [2.75, 3.05) is 26.7 Å². The van der Waals surface area contributed by atoms with Crippen molar-refractivity contribution in [3.8, 4) is 5.75 Å². The first-order valence-corrected chi connectivity index (χ1v) is 9.46. The molecule has 3 aromatic rings. The molecule has 1 saturated heterocycles. The zero-order chi connectivity index (χ0) is 19.8. The Morgan fingerprint density at radius 3 is 2.70 bits per heavy atom. The minimum atomic E-state index is -0.0992. The van der Waals surface area contributed by atoms with Crippen LogP contribution in [0.5, 0.6) is 5.75 Å². The van der Waals surface area contributed by atoms with E-state index in [0.29, 0.717) is 18.7 Å². The molecule has 0 bridgehead atoms. The third kappa shape index (κ3) is 4.10. The second-order valence-electron chi connectivity index (χ2n) is 7.18. The molecule has 1 amide bonds. The molecule has 1 unspecified atom stereocenters. The van der Waals surface area contributed by atoms with Crippen LogP contribution in [0.15, 0.2) is 30.3 Å². The molecule has 0 radical (unpaired) electrons. The maximum Gasteiger partial charge on any atom is 0.255 e. The number of fused-ring (bicyclic) bond motifs is 1. The van der Waals surface area contributed by atoms with E-state index in [1.54, 1.807) is 11.8 Å². The summed E-state index contributed by atoms with van der Waals surface area (Å²) in [5.41, 5.74) is 4.04. The first kappa shape index (κ1) is 23.9. The Hall–Kier alpha value is -2.35. The Balaban J connectivity index is 0.00000160. The van der Waals surface area contributed by atoms with Crippen LogP contribution in [-0.4, -0.2) is 52.3 Å². The van der Waals surface area contributed by atoms with Crippen LogP contribution in [0.25, 0.3) is 11.0 Å². The lowest BCUT2D eigenvalue weighted by Gasteiger charge is -2.37. The van der Waals surface area contributed by atoms with E-state index in [9.17, 15) is 4.79 Å². The van der Waals surface area contributed by atoms with Crippen LogP contribution in [0.3, 0.4) is 0 Å². The molecule has 2 aromatic heterocycles. The predicted molar refractivity (Wildman–Crippen MR) is 122 cm³/mol. The number of para-hydroxylation sites is 1. The van der Waals surface area contributed by atoms with Gasteiger partial charge in [0.05, 0.1) is 29.8 Å². The summed E-state index contributed by atoms with van der Waals surface area (Å²) < 4.78 is 7.30. The fourth-order valence-corrected chi connectivity index (χ4v) is 4.06. The molecule has 7 nitrogen and oxygen atoms in total. The van der Waals surface area contributed by atoms with Gasteiger partial charge >= 0.3 is 0 Å². The zero-order valence-electron chi connectivity index (χ0n) is 17.5. The number of aromatic nitrogens is 3. The molecule has 4 rings (SSSR count). The van der Waals surface area contributed by atoms with Crippen molar-refractivity contribution in [2.24, 2.45) is 7.05 Å². The molecule has 1 atom stereocenters. The van der Waals surface area contributed by atoms with Crippen molar-refractivity contribution in [3.63, 3.8) is 0 Å². The molecule has 0 spiro atoms. The molecule has 1 fully saturated rings. The number of amides is 1. The van der Waals surface area contributed by atoms with Gasteiger partial charge in [-0.2, -0.15) is 5.10 Å². The number of nitrogens with one attached hydrogen (secondary N) is 1. The average Bonchev–Trinajstić information content (AvgIpc) is 3.00. The molecule has 162 valence electrons. The number of hydrogen-bond donors (Lipinski definition) is 1. The zero-order valence-corrected chi connectivity index (χ0v) is 19.1. The van der Waals surface area contributed by atoms with E-state index in [1.165, 1.54) is 0 Å². The quantitative estimate of drug-likeness (QED) is 0.661. The Bertz CT molecular complexity index is 1050. The van der Waals surface area contributed by atoms with Crippen molar-refractivity contribution in [1.82, 2.24) is 25.0 Å².